The van der Waals surface area contributed by atoms with E-state index in [0.29, 0.717) is 30.2 Å². The van der Waals surface area contributed by atoms with Gasteiger partial charge in [0.15, 0.2) is 0 Å². The Morgan fingerprint density at radius 3 is 2.58 bits per heavy atom. The molecule has 0 aliphatic heterocycles. The molecular formula is C21H23N3O2. The molecule has 5 heteroatoms. The Bertz CT molecular complexity index is 872. The Morgan fingerprint density at radius 2 is 1.88 bits per heavy atom. The molecule has 0 aliphatic carbocycles. The van der Waals surface area contributed by atoms with Crippen LogP contribution in [0.1, 0.15) is 35.7 Å². The van der Waals surface area contributed by atoms with Crippen molar-refractivity contribution in [3.05, 3.63) is 71.6 Å². The Labute approximate surface area is 153 Å². The highest BCUT2D eigenvalue weighted by Gasteiger charge is 2.19. The van der Waals surface area contributed by atoms with E-state index < -0.39 is 0 Å². The Kier molecular flexibility index (Phi) is 5.46. The molecule has 0 bridgehead atoms. The fraction of sp³-hybridized carbons (Fsp3) is 0.286. The molecule has 3 rings (SSSR count). The second-order valence-electron chi connectivity index (χ2n) is 6.59. The zero-order chi connectivity index (χ0) is 18.5. The average molecular weight is 349 g/mol. The highest BCUT2D eigenvalue weighted by Crippen LogP contribution is 2.17. The first-order valence-corrected chi connectivity index (χ1v) is 8.80. The second kappa shape index (κ2) is 7.95. The average Bonchev–Trinajstić information content (AvgIpc) is 3.11. The molecule has 3 aromatic rings. The third-order valence-corrected chi connectivity index (χ3v) is 4.22. The number of carbonyl (C=O) groups is 1. The number of benzene rings is 2. The lowest BCUT2D eigenvalue weighted by atomic mass is 10.1. The maximum atomic E-state index is 12.7. The number of aryl methyl sites for hydroxylation is 1. The summed E-state index contributed by atoms with van der Waals surface area (Å²) in [4.78, 5) is 19.0. The summed E-state index contributed by atoms with van der Waals surface area (Å²) in [7, 11) is 0. The van der Waals surface area contributed by atoms with Crippen molar-refractivity contribution in [2.24, 2.45) is 0 Å². The van der Waals surface area contributed by atoms with Gasteiger partial charge in [-0.3, -0.25) is 4.79 Å². The molecule has 0 unspecified atom stereocenters. The Morgan fingerprint density at radius 1 is 1.12 bits per heavy atom. The van der Waals surface area contributed by atoms with Gasteiger partial charge < -0.3 is 9.42 Å². The number of rotatable bonds is 6. The fourth-order valence-corrected chi connectivity index (χ4v) is 2.81. The van der Waals surface area contributed by atoms with E-state index in [4.69, 9.17) is 4.52 Å². The van der Waals surface area contributed by atoms with Crippen LogP contribution in [-0.4, -0.2) is 33.5 Å². The van der Waals surface area contributed by atoms with Crippen LogP contribution in [0.25, 0.3) is 11.4 Å². The van der Waals surface area contributed by atoms with Crippen molar-refractivity contribution < 1.29 is 9.32 Å². The Balaban J connectivity index is 1.69. The second-order valence-corrected chi connectivity index (χ2v) is 6.59. The Hall–Kier alpha value is -2.95. The quantitative estimate of drug-likeness (QED) is 0.671. The molecule has 0 spiro atoms. The summed E-state index contributed by atoms with van der Waals surface area (Å²) in [5.41, 5.74) is 2.77. The van der Waals surface area contributed by atoms with E-state index in [1.807, 2.05) is 80.3 Å². The van der Waals surface area contributed by atoms with Crippen molar-refractivity contribution in [2.75, 3.05) is 6.54 Å². The van der Waals surface area contributed by atoms with E-state index >= 15 is 0 Å². The smallest absolute Gasteiger partial charge is 0.254 e. The molecule has 0 aliphatic rings. The molecular weight excluding hydrogens is 326 g/mol. The first kappa shape index (κ1) is 17.9. The number of carbonyl (C=O) groups excluding carboxylic acids is 1. The highest BCUT2D eigenvalue weighted by atomic mass is 16.5. The van der Waals surface area contributed by atoms with Crippen molar-refractivity contribution in [2.45, 2.75) is 33.2 Å². The lowest BCUT2D eigenvalue weighted by Gasteiger charge is -2.26. The van der Waals surface area contributed by atoms with Crippen LogP contribution in [0, 0.1) is 6.92 Å². The molecule has 0 N–H and O–H groups in total. The molecule has 134 valence electrons. The van der Waals surface area contributed by atoms with Crippen LogP contribution in [0.3, 0.4) is 0 Å². The van der Waals surface area contributed by atoms with Gasteiger partial charge in [-0.25, -0.2) is 0 Å². The molecule has 0 atom stereocenters. The molecule has 1 amide bonds. The number of hydrogen-bond donors (Lipinski definition) is 0. The predicted octanol–water partition coefficient (Wildman–Crippen LogP) is 4.14. The normalized spacial score (nSPS) is 10.9. The lowest BCUT2D eigenvalue weighted by molar-refractivity contribution is 0.0704. The van der Waals surface area contributed by atoms with Gasteiger partial charge in [-0.05, 0) is 39.0 Å². The maximum Gasteiger partial charge on any atom is 0.254 e. The molecule has 5 nitrogen and oxygen atoms in total. The highest BCUT2D eigenvalue weighted by molar-refractivity contribution is 5.94. The number of nitrogens with zero attached hydrogens (tertiary/aromatic N) is 3. The van der Waals surface area contributed by atoms with E-state index in [-0.39, 0.29) is 11.9 Å². The standard InChI is InChI=1S/C21H23N3O2/c1-15(2)24(21(25)17-9-5-4-6-10-17)13-12-19-22-20(23-26-19)18-11-7-8-16(3)14-18/h4-11,14-15H,12-13H2,1-3H3. The summed E-state index contributed by atoms with van der Waals surface area (Å²) in [6.45, 7) is 6.57. The van der Waals surface area contributed by atoms with Crippen molar-refractivity contribution >= 4 is 5.91 Å². The molecule has 26 heavy (non-hydrogen) atoms. The minimum absolute atomic E-state index is 0.0130. The molecule has 0 saturated heterocycles. The third kappa shape index (κ3) is 4.17. The van der Waals surface area contributed by atoms with E-state index in [9.17, 15) is 4.79 Å². The first-order chi connectivity index (χ1) is 12.5. The first-order valence-electron chi connectivity index (χ1n) is 8.80. The molecule has 1 heterocycles. The zero-order valence-electron chi connectivity index (χ0n) is 15.3. The minimum atomic E-state index is 0.0130. The molecule has 1 aromatic heterocycles. The van der Waals surface area contributed by atoms with Gasteiger partial charge in [0.1, 0.15) is 0 Å². The van der Waals surface area contributed by atoms with Gasteiger partial charge >= 0.3 is 0 Å². The van der Waals surface area contributed by atoms with Crippen molar-refractivity contribution in [1.82, 2.24) is 15.0 Å². The third-order valence-electron chi connectivity index (χ3n) is 4.22. The van der Waals surface area contributed by atoms with Gasteiger partial charge in [0.05, 0.1) is 0 Å². The van der Waals surface area contributed by atoms with Crippen LogP contribution in [0.4, 0.5) is 0 Å². The topological polar surface area (TPSA) is 59.2 Å². The minimum Gasteiger partial charge on any atom is -0.339 e. The van der Waals surface area contributed by atoms with E-state index in [2.05, 4.69) is 10.1 Å². The molecule has 2 aromatic carbocycles. The predicted molar refractivity (Wildman–Crippen MR) is 101 cm³/mol. The summed E-state index contributed by atoms with van der Waals surface area (Å²) in [5, 5.41) is 4.06. The van der Waals surface area contributed by atoms with Crippen LogP contribution >= 0.6 is 0 Å². The number of amides is 1. The van der Waals surface area contributed by atoms with Gasteiger partial charge in [0.2, 0.25) is 11.7 Å². The van der Waals surface area contributed by atoms with Crippen LogP contribution in [0.15, 0.2) is 59.1 Å². The maximum absolute atomic E-state index is 12.7. The fourth-order valence-electron chi connectivity index (χ4n) is 2.81. The summed E-state index contributed by atoms with van der Waals surface area (Å²) in [6, 6.07) is 17.4. The summed E-state index contributed by atoms with van der Waals surface area (Å²) in [5.74, 6) is 1.13. The van der Waals surface area contributed by atoms with Gasteiger partial charge in [0, 0.05) is 30.1 Å². The van der Waals surface area contributed by atoms with Crippen LogP contribution in [-0.2, 0) is 6.42 Å². The van der Waals surface area contributed by atoms with Crippen LogP contribution < -0.4 is 0 Å². The number of hydrogen-bond acceptors (Lipinski definition) is 4. The monoisotopic (exact) mass is 349 g/mol. The van der Waals surface area contributed by atoms with Gasteiger partial charge in [0.25, 0.3) is 5.91 Å². The molecule has 0 fully saturated rings. The number of aromatic nitrogens is 2. The van der Waals surface area contributed by atoms with Crippen LogP contribution in [0.5, 0.6) is 0 Å². The lowest BCUT2D eigenvalue weighted by Crippen LogP contribution is -2.38. The van der Waals surface area contributed by atoms with Crippen LogP contribution in [0.2, 0.25) is 0 Å². The van der Waals surface area contributed by atoms with Gasteiger partial charge in [-0.2, -0.15) is 4.98 Å². The van der Waals surface area contributed by atoms with E-state index in [1.165, 1.54) is 0 Å². The summed E-state index contributed by atoms with van der Waals surface area (Å²) in [6.07, 6.45) is 0.523. The van der Waals surface area contributed by atoms with Crippen molar-refractivity contribution in [1.29, 1.82) is 0 Å². The summed E-state index contributed by atoms with van der Waals surface area (Å²) >= 11 is 0. The van der Waals surface area contributed by atoms with Gasteiger partial charge in [-0.15, -0.1) is 0 Å². The zero-order valence-corrected chi connectivity index (χ0v) is 15.3. The summed E-state index contributed by atoms with van der Waals surface area (Å²) < 4.78 is 5.38. The van der Waals surface area contributed by atoms with Gasteiger partial charge in [-0.1, -0.05) is 47.1 Å². The molecule has 0 radical (unpaired) electrons. The largest absolute Gasteiger partial charge is 0.339 e. The molecule has 0 saturated carbocycles. The van der Waals surface area contributed by atoms with Crippen molar-refractivity contribution in [3.8, 4) is 11.4 Å². The van der Waals surface area contributed by atoms with E-state index in [0.717, 1.165) is 11.1 Å². The SMILES string of the molecule is Cc1cccc(-c2noc(CCN(C(=O)c3ccccc3)C(C)C)n2)c1. The van der Waals surface area contributed by atoms with E-state index in [1.54, 1.807) is 0 Å². The van der Waals surface area contributed by atoms with Crippen molar-refractivity contribution in [3.63, 3.8) is 0 Å².